The fourth-order valence-corrected chi connectivity index (χ4v) is 2.53. The number of aryl methyl sites for hydroxylation is 1. The number of imidazole rings is 1. The molecule has 2 N–H and O–H groups in total. The molecule has 0 bridgehead atoms. The van der Waals surface area contributed by atoms with Crippen LogP contribution < -0.4 is 0 Å². The van der Waals surface area contributed by atoms with Crippen LogP contribution >= 0.6 is 0 Å². The summed E-state index contributed by atoms with van der Waals surface area (Å²) >= 11 is 0. The molecule has 0 aliphatic carbocycles. The molecule has 2 heterocycles. The van der Waals surface area contributed by atoms with Crippen LogP contribution in [0.4, 0.5) is 0 Å². The Hall–Kier alpha value is -2.63. The first kappa shape index (κ1) is 13.4. The predicted molar refractivity (Wildman–Crippen MR) is 74.8 cm³/mol. The number of aromatic nitrogens is 2. The van der Waals surface area contributed by atoms with E-state index in [1.807, 2.05) is 19.1 Å². The minimum atomic E-state index is -1.01. The van der Waals surface area contributed by atoms with E-state index < -0.39 is 12.0 Å². The molecule has 1 atom stereocenters. The molecule has 1 aromatic heterocycles. The Kier molecular flexibility index (Phi) is 3.21. The Morgan fingerprint density at radius 2 is 2.05 bits per heavy atom. The van der Waals surface area contributed by atoms with Gasteiger partial charge in [-0.2, -0.15) is 0 Å². The Bertz CT molecular complexity index is 690. The summed E-state index contributed by atoms with van der Waals surface area (Å²) in [5, 5.41) is 9.38. The maximum Gasteiger partial charge on any atom is 0.326 e. The maximum atomic E-state index is 12.6. The van der Waals surface area contributed by atoms with Crippen molar-refractivity contribution in [2.24, 2.45) is 0 Å². The second-order valence-electron chi connectivity index (χ2n) is 5.19. The number of amides is 1. The fourth-order valence-electron chi connectivity index (χ4n) is 2.53. The Labute approximate surface area is 121 Å². The van der Waals surface area contributed by atoms with E-state index in [2.05, 4.69) is 9.97 Å². The number of benzene rings is 1. The van der Waals surface area contributed by atoms with Gasteiger partial charge in [0.05, 0.1) is 24.3 Å². The van der Waals surface area contributed by atoms with Crippen molar-refractivity contribution in [3.63, 3.8) is 0 Å². The number of aliphatic carboxylic acids is 1. The summed E-state index contributed by atoms with van der Waals surface area (Å²) in [5.41, 5.74) is 3.06. The number of nitrogens with zero attached hydrogens (tertiary/aromatic N) is 2. The molecule has 6 nitrogen and oxygen atoms in total. The van der Waals surface area contributed by atoms with Gasteiger partial charge in [-0.15, -0.1) is 0 Å². The Morgan fingerprint density at radius 3 is 2.71 bits per heavy atom. The molecule has 1 aromatic carbocycles. The zero-order valence-corrected chi connectivity index (χ0v) is 11.5. The molecule has 6 heteroatoms. The number of H-pyrrole nitrogens is 1. The van der Waals surface area contributed by atoms with Gasteiger partial charge in [0.15, 0.2) is 0 Å². The topological polar surface area (TPSA) is 86.3 Å². The molecule has 0 saturated carbocycles. The van der Waals surface area contributed by atoms with Gasteiger partial charge in [0.25, 0.3) is 5.91 Å². The molecule has 0 spiro atoms. The first-order chi connectivity index (χ1) is 10.1. The highest BCUT2D eigenvalue weighted by Gasteiger charge is 2.36. The van der Waals surface area contributed by atoms with Crippen LogP contribution in [0.15, 0.2) is 30.6 Å². The SMILES string of the molecule is Cc1ccc(C(=O)N2Cc3[nH]cnc3CC2C(=O)O)cc1. The van der Waals surface area contributed by atoms with E-state index in [1.54, 1.807) is 12.1 Å². The number of aromatic amines is 1. The molecular formula is C15H15N3O3. The standard InChI is InChI=1S/C15H15N3O3/c1-9-2-4-10(5-3-9)14(19)18-7-12-11(16-8-17-12)6-13(18)15(20)21/h2-5,8,13H,6-7H2,1H3,(H,16,17)(H,20,21). The third kappa shape index (κ3) is 2.40. The summed E-state index contributed by atoms with van der Waals surface area (Å²) in [6.07, 6.45) is 1.76. The zero-order chi connectivity index (χ0) is 15.0. The summed E-state index contributed by atoms with van der Waals surface area (Å²) in [7, 11) is 0. The smallest absolute Gasteiger partial charge is 0.326 e. The lowest BCUT2D eigenvalue weighted by Crippen LogP contribution is -2.48. The maximum absolute atomic E-state index is 12.6. The highest BCUT2D eigenvalue weighted by Crippen LogP contribution is 2.23. The van der Waals surface area contributed by atoms with Crippen LogP contribution in [0.3, 0.4) is 0 Å². The van der Waals surface area contributed by atoms with Crippen LogP contribution in [0, 0.1) is 6.92 Å². The number of nitrogens with one attached hydrogen (secondary N) is 1. The normalized spacial score (nSPS) is 17.4. The van der Waals surface area contributed by atoms with Gasteiger partial charge in [-0.3, -0.25) is 4.79 Å². The van der Waals surface area contributed by atoms with E-state index in [-0.39, 0.29) is 18.9 Å². The van der Waals surface area contributed by atoms with Crippen LogP contribution in [0.5, 0.6) is 0 Å². The molecule has 0 saturated heterocycles. The number of carbonyl (C=O) groups excluding carboxylic acids is 1. The lowest BCUT2D eigenvalue weighted by atomic mass is 10.0. The number of carbonyl (C=O) groups is 2. The van der Waals surface area contributed by atoms with E-state index in [9.17, 15) is 14.7 Å². The molecule has 0 radical (unpaired) electrons. The molecule has 1 aliphatic heterocycles. The highest BCUT2D eigenvalue weighted by molar-refractivity contribution is 5.96. The zero-order valence-electron chi connectivity index (χ0n) is 11.5. The Morgan fingerprint density at radius 1 is 1.33 bits per heavy atom. The second kappa shape index (κ2) is 5.05. The molecule has 21 heavy (non-hydrogen) atoms. The fraction of sp³-hybridized carbons (Fsp3) is 0.267. The summed E-state index contributed by atoms with van der Waals surface area (Å²) in [5.74, 6) is -1.29. The van der Waals surface area contributed by atoms with Gasteiger partial charge in [-0.05, 0) is 19.1 Å². The predicted octanol–water partition coefficient (Wildman–Crippen LogP) is 1.37. The highest BCUT2D eigenvalue weighted by atomic mass is 16.4. The van der Waals surface area contributed by atoms with Crippen molar-refractivity contribution >= 4 is 11.9 Å². The molecule has 1 unspecified atom stereocenters. The summed E-state index contributed by atoms with van der Waals surface area (Å²) in [6.45, 7) is 2.17. The van der Waals surface area contributed by atoms with Crippen molar-refractivity contribution in [1.29, 1.82) is 0 Å². The van der Waals surface area contributed by atoms with Gasteiger partial charge in [0.2, 0.25) is 0 Å². The number of hydrogen-bond donors (Lipinski definition) is 2. The largest absolute Gasteiger partial charge is 0.480 e. The van der Waals surface area contributed by atoms with Crippen molar-refractivity contribution in [2.45, 2.75) is 25.9 Å². The number of rotatable bonds is 2. The first-order valence-electron chi connectivity index (χ1n) is 6.68. The van der Waals surface area contributed by atoms with Gasteiger partial charge in [-0.25, -0.2) is 9.78 Å². The van der Waals surface area contributed by atoms with Gasteiger partial charge < -0.3 is 15.0 Å². The van der Waals surface area contributed by atoms with Crippen LogP contribution in [0.2, 0.25) is 0 Å². The third-order valence-electron chi connectivity index (χ3n) is 3.74. The van der Waals surface area contributed by atoms with Crippen molar-refractivity contribution < 1.29 is 14.7 Å². The van der Waals surface area contributed by atoms with Gasteiger partial charge in [-0.1, -0.05) is 17.7 Å². The second-order valence-corrected chi connectivity index (χ2v) is 5.19. The number of hydrogen-bond acceptors (Lipinski definition) is 3. The third-order valence-corrected chi connectivity index (χ3v) is 3.74. The average molecular weight is 285 g/mol. The molecule has 3 rings (SSSR count). The molecule has 2 aromatic rings. The van der Waals surface area contributed by atoms with Crippen LogP contribution in [0.1, 0.15) is 27.3 Å². The van der Waals surface area contributed by atoms with Crippen LogP contribution in [-0.4, -0.2) is 37.9 Å². The summed E-state index contributed by atoms with van der Waals surface area (Å²) in [6, 6.07) is 6.25. The van der Waals surface area contributed by atoms with E-state index >= 15 is 0 Å². The van der Waals surface area contributed by atoms with Gasteiger partial charge >= 0.3 is 5.97 Å². The number of carboxylic acid groups (broad SMARTS) is 1. The van der Waals surface area contributed by atoms with E-state index in [1.165, 1.54) is 11.2 Å². The van der Waals surface area contributed by atoms with Crippen LogP contribution in [0.25, 0.3) is 0 Å². The van der Waals surface area contributed by atoms with Crippen molar-refractivity contribution in [1.82, 2.24) is 14.9 Å². The minimum absolute atomic E-state index is 0.228. The summed E-state index contributed by atoms with van der Waals surface area (Å²) in [4.78, 5) is 32.5. The molecular weight excluding hydrogens is 270 g/mol. The lowest BCUT2D eigenvalue weighted by molar-refractivity contribution is -0.142. The summed E-state index contributed by atoms with van der Waals surface area (Å²) < 4.78 is 0. The quantitative estimate of drug-likeness (QED) is 0.872. The van der Waals surface area contributed by atoms with Crippen molar-refractivity contribution in [3.8, 4) is 0 Å². The lowest BCUT2D eigenvalue weighted by Gasteiger charge is -2.32. The van der Waals surface area contributed by atoms with E-state index in [0.29, 0.717) is 5.56 Å². The van der Waals surface area contributed by atoms with E-state index in [0.717, 1.165) is 17.0 Å². The first-order valence-corrected chi connectivity index (χ1v) is 6.68. The molecule has 108 valence electrons. The van der Waals surface area contributed by atoms with Crippen molar-refractivity contribution in [2.75, 3.05) is 0 Å². The van der Waals surface area contributed by atoms with Gasteiger partial charge in [0, 0.05) is 12.0 Å². The molecule has 0 fully saturated rings. The number of fused-ring (bicyclic) bond motifs is 1. The molecule has 1 amide bonds. The van der Waals surface area contributed by atoms with Crippen LogP contribution in [-0.2, 0) is 17.8 Å². The van der Waals surface area contributed by atoms with Crippen molar-refractivity contribution in [3.05, 3.63) is 53.1 Å². The van der Waals surface area contributed by atoms with Gasteiger partial charge in [0.1, 0.15) is 6.04 Å². The van der Waals surface area contributed by atoms with E-state index in [4.69, 9.17) is 0 Å². The minimum Gasteiger partial charge on any atom is -0.480 e. The Balaban J connectivity index is 1.93. The monoisotopic (exact) mass is 285 g/mol. The average Bonchev–Trinajstić information content (AvgIpc) is 2.93. The molecule has 1 aliphatic rings. The number of carboxylic acids is 1.